The largest absolute Gasteiger partial charge is 0.371 e. The zero-order valence-electron chi connectivity index (χ0n) is 9.08. The maximum Gasteiger partial charge on any atom is 0.371 e. The van der Waals surface area contributed by atoms with Crippen molar-refractivity contribution in [2.24, 2.45) is 0 Å². The molecule has 1 aromatic rings. The van der Waals surface area contributed by atoms with Crippen molar-refractivity contribution in [1.82, 2.24) is 11.9 Å². The molecule has 0 amide bonds. The molecule has 1 rings (SSSR count). The highest BCUT2D eigenvalue weighted by molar-refractivity contribution is 7.85. The Labute approximate surface area is 113 Å². The Kier molecular flexibility index (Phi) is 3.74. The fraction of sp³-hybridized carbons (Fsp3) is 0. The molecular weight excluding hydrogens is 366 g/mol. The van der Waals surface area contributed by atoms with Crippen LogP contribution in [0.3, 0.4) is 0 Å². The minimum atomic E-state index is -5.89. The molecule has 0 spiro atoms. The molecule has 0 bridgehead atoms. The molecule has 21 heavy (non-hydrogen) atoms. The van der Waals surface area contributed by atoms with Crippen LogP contribution in [0.15, 0.2) is 14.4 Å². The number of hydrogen-bond donors (Lipinski definition) is 3. The standard InChI is InChI=1S/C3H3N3O12S3/c7-1-4(19(10,11)12)2(8)6(21(16,17)18)3(9)5(1)20(13,14)15/h(H,10,11,12)(H,13,14,15)(H,16,17,18). The molecule has 15 nitrogen and oxygen atoms in total. The summed E-state index contributed by atoms with van der Waals surface area (Å²) in [5.41, 5.74) is -7.85. The van der Waals surface area contributed by atoms with Crippen molar-refractivity contribution >= 4 is 30.9 Å². The number of nitrogens with zero attached hydrogens (tertiary/aromatic N) is 3. The molecule has 0 aromatic carbocycles. The van der Waals surface area contributed by atoms with Crippen molar-refractivity contribution < 1.29 is 38.9 Å². The van der Waals surface area contributed by atoms with Gasteiger partial charge in [0.2, 0.25) is 0 Å². The van der Waals surface area contributed by atoms with Crippen LogP contribution in [-0.2, 0) is 30.9 Å². The first-order valence-electron chi connectivity index (χ1n) is 4.05. The van der Waals surface area contributed by atoms with Crippen molar-refractivity contribution in [3.05, 3.63) is 31.5 Å². The van der Waals surface area contributed by atoms with Crippen molar-refractivity contribution in [1.29, 1.82) is 0 Å². The van der Waals surface area contributed by atoms with Gasteiger partial charge in [-0.1, -0.05) is 0 Å². The molecule has 1 heterocycles. The summed E-state index contributed by atoms with van der Waals surface area (Å²) in [6, 6.07) is 0. The summed E-state index contributed by atoms with van der Waals surface area (Å²) in [5, 5.41) is 0. The summed E-state index contributed by atoms with van der Waals surface area (Å²) in [6.07, 6.45) is 0. The molecule has 0 aliphatic heterocycles. The number of hydrogen-bond acceptors (Lipinski definition) is 9. The summed E-state index contributed by atoms with van der Waals surface area (Å²) >= 11 is 0. The van der Waals surface area contributed by atoms with Crippen LogP contribution in [0, 0.1) is 0 Å². The Hall–Kier alpha value is -1.86. The van der Waals surface area contributed by atoms with E-state index in [9.17, 15) is 39.6 Å². The van der Waals surface area contributed by atoms with Gasteiger partial charge in [0, 0.05) is 0 Å². The molecule has 0 saturated carbocycles. The average molecular weight is 369 g/mol. The third-order valence-corrected chi connectivity index (χ3v) is 4.06. The third-order valence-electron chi connectivity index (χ3n) is 1.73. The molecule has 1 aromatic heterocycles. The predicted octanol–water partition coefficient (Wildman–Crippen LogP) is -4.88. The second-order valence-electron chi connectivity index (χ2n) is 3.07. The molecule has 0 aliphatic rings. The Morgan fingerprint density at radius 1 is 0.524 bits per heavy atom. The van der Waals surface area contributed by atoms with E-state index in [-0.39, 0.29) is 0 Å². The van der Waals surface area contributed by atoms with Crippen LogP contribution in [0.4, 0.5) is 0 Å². The highest BCUT2D eigenvalue weighted by Crippen LogP contribution is 1.87. The molecule has 3 N–H and O–H groups in total. The molecule has 0 fully saturated rings. The zero-order valence-corrected chi connectivity index (χ0v) is 11.5. The lowest BCUT2D eigenvalue weighted by Crippen LogP contribution is -2.59. The van der Waals surface area contributed by atoms with Gasteiger partial charge in [0.05, 0.1) is 0 Å². The summed E-state index contributed by atoms with van der Waals surface area (Å²) in [5.74, 6) is 0. The van der Waals surface area contributed by atoms with Crippen molar-refractivity contribution in [3.8, 4) is 0 Å². The van der Waals surface area contributed by atoms with Gasteiger partial charge < -0.3 is 0 Å². The van der Waals surface area contributed by atoms with Crippen LogP contribution in [0.2, 0.25) is 0 Å². The van der Waals surface area contributed by atoms with E-state index in [1.165, 1.54) is 0 Å². The molecule has 0 radical (unpaired) electrons. The fourth-order valence-corrected chi connectivity index (χ4v) is 2.91. The highest BCUT2D eigenvalue weighted by atomic mass is 32.2. The van der Waals surface area contributed by atoms with Gasteiger partial charge in [-0.25, -0.2) is 14.4 Å². The summed E-state index contributed by atoms with van der Waals surface area (Å²) < 4.78 is 86.2. The topological polar surface area (TPSA) is 229 Å². The maximum atomic E-state index is 11.3. The van der Waals surface area contributed by atoms with E-state index in [0.29, 0.717) is 0 Å². The Balaban J connectivity index is 4.55. The molecule has 120 valence electrons. The number of rotatable bonds is 3. The van der Waals surface area contributed by atoms with Crippen LogP contribution in [0.1, 0.15) is 0 Å². The van der Waals surface area contributed by atoms with Gasteiger partial charge in [-0.2, -0.15) is 25.3 Å². The SMILES string of the molecule is O=c1n(S(=O)(=O)O)c(=O)n(S(=O)(=O)O)c(=O)n1S(=O)(=O)O. The maximum absolute atomic E-state index is 11.3. The predicted molar refractivity (Wildman–Crippen MR) is 60.1 cm³/mol. The molecule has 0 unspecified atom stereocenters. The average Bonchev–Trinajstić information content (AvgIpc) is 2.07. The zero-order chi connectivity index (χ0) is 17.0. The smallest absolute Gasteiger partial charge is 0.268 e. The lowest BCUT2D eigenvalue weighted by Gasteiger charge is -2.07. The van der Waals surface area contributed by atoms with Crippen LogP contribution in [-0.4, -0.2) is 50.8 Å². The van der Waals surface area contributed by atoms with Gasteiger partial charge in [-0.15, -0.1) is 11.9 Å². The van der Waals surface area contributed by atoms with E-state index in [2.05, 4.69) is 0 Å². The van der Waals surface area contributed by atoms with Crippen LogP contribution in [0.5, 0.6) is 0 Å². The van der Waals surface area contributed by atoms with Crippen LogP contribution >= 0.6 is 0 Å². The van der Waals surface area contributed by atoms with Crippen LogP contribution < -0.4 is 17.1 Å². The Morgan fingerprint density at radius 3 is 0.762 bits per heavy atom. The second kappa shape index (κ2) is 4.57. The van der Waals surface area contributed by atoms with E-state index >= 15 is 0 Å². The van der Waals surface area contributed by atoms with Gasteiger partial charge in [-0.05, 0) is 0 Å². The van der Waals surface area contributed by atoms with Crippen molar-refractivity contribution in [2.75, 3.05) is 0 Å². The number of aromatic nitrogens is 3. The monoisotopic (exact) mass is 369 g/mol. The third kappa shape index (κ3) is 2.93. The normalized spacial score (nSPS) is 13.3. The van der Waals surface area contributed by atoms with E-state index in [0.717, 1.165) is 0 Å². The van der Waals surface area contributed by atoms with Gasteiger partial charge in [0.1, 0.15) is 0 Å². The summed E-state index contributed by atoms with van der Waals surface area (Å²) in [7, 11) is -17.7. The highest BCUT2D eigenvalue weighted by Gasteiger charge is 2.31. The van der Waals surface area contributed by atoms with Gasteiger partial charge in [-0.3, -0.25) is 13.7 Å². The molecular formula is C3H3N3O12S3. The van der Waals surface area contributed by atoms with Gasteiger partial charge in [0.15, 0.2) is 0 Å². The lowest BCUT2D eigenvalue weighted by molar-refractivity contribution is 0.443. The van der Waals surface area contributed by atoms with Gasteiger partial charge in [0.25, 0.3) is 0 Å². The van der Waals surface area contributed by atoms with E-state index in [4.69, 9.17) is 13.7 Å². The first-order chi connectivity index (χ1) is 9.10. The first kappa shape index (κ1) is 17.2. The molecule has 18 heteroatoms. The minimum absolute atomic E-state index is 1.39. The fourth-order valence-electron chi connectivity index (χ4n) is 1.09. The van der Waals surface area contributed by atoms with Crippen molar-refractivity contribution in [3.63, 3.8) is 0 Å². The van der Waals surface area contributed by atoms with Crippen molar-refractivity contribution in [2.45, 2.75) is 0 Å². The quantitative estimate of drug-likeness (QED) is 0.426. The van der Waals surface area contributed by atoms with E-state index < -0.39 is 59.9 Å². The molecule has 0 aliphatic carbocycles. The summed E-state index contributed by atoms with van der Waals surface area (Å²) in [6.45, 7) is 0. The van der Waals surface area contributed by atoms with Gasteiger partial charge >= 0.3 is 48.0 Å². The minimum Gasteiger partial charge on any atom is -0.268 e. The molecule has 0 atom stereocenters. The second-order valence-corrected chi connectivity index (χ2v) is 6.86. The Morgan fingerprint density at radius 2 is 0.667 bits per heavy atom. The first-order valence-corrected chi connectivity index (χ1v) is 8.24. The molecule has 0 saturated heterocycles. The lowest BCUT2D eigenvalue weighted by atomic mass is 11.0. The van der Waals surface area contributed by atoms with E-state index in [1.807, 2.05) is 0 Å². The Bertz CT molecular complexity index is 918. The van der Waals surface area contributed by atoms with E-state index in [1.54, 1.807) is 0 Å². The van der Waals surface area contributed by atoms with Crippen LogP contribution in [0.25, 0.3) is 0 Å². The summed E-state index contributed by atoms with van der Waals surface area (Å²) in [4.78, 5) is 34.0.